The van der Waals surface area contributed by atoms with Crippen LogP contribution in [-0.2, 0) is 33.6 Å². The standard InChI is InChI=1S/C37H53N7O7S/c1-21(2)31-37(51)44-20-26(39-33(47)24-12-15-43(16-13-24)36(50)25-10-11-25)18-29(44)35(49)38-22(3)32(46)41-28(23-8-6-5-7-9-23)19-30(45)40-27(14-17-52-4)34(48)42-31/h5-9,21-22,24-29,31H,10-20H2,1-4H3,(H,38,49)(H,39,47)(H,40,45)(H,41,46)(H,42,48)/t22-,26-,27-,28-,29-,31-/m0/s1. The second-order valence-corrected chi connectivity index (χ2v) is 15.8. The number of hydrogen-bond acceptors (Lipinski definition) is 8. The number of rotatable bonds is 8. The largest absolute Gasteiger partial charge is 0.351 e. The van der Waals surface area contributed by atoms with Crippen molar-refractivity contribution in [2.24, 2.45) is 17.8 Å². The van der Waals surface area contributed by atoms with Gasteiger partial charge in [-0.3, -0.25) is 33.6 Å². The maximum absolute atomic E-state index is 14.3. The van der Waals surface area contributed by atoms with Crippen LogP contribution >= 0.6 is 11.8 Å². The molecule has 0 aromatic heterocycles. The third-order valence-electron chi connectivity index (χ3n) is 10.5. The summed E-state index contributed by atoms with van der Waals surface area (Å²) < 4.78 is 0. The van der Waals surface area contributed by atoms with Crippen molar-refractivity contribution in [3.05, 3.63) is 35.9 Å². The SMILES string of the molecule is CSCC[C@@H]1NC(=O)C[C@@H](c2ccccc2)NC(=O)[C@H](C)NC(=O)[C@@H]2C[C@H](NC(=O)C3CCN(C(=O)C4CC4)CC3)CN2C(=O)[C@H](C(C)C)NC1=O. The first kappa shape index (κ1) is 39.1. The van der Waals surface area contributed by atoms with Crippen LogP contribution in [-0.4, -0.2) is 113 Å². The minimum absolute atomic E-state index is 0.0318. The van der Waals surface area contributed by atoms with Crippen molar-refractivity contribution >= 4 is 53.1 Å². The molecule has 7 amide bonds. The van der Waals surface area contributed by atoms with Crippen molar-refractivity contribution in [2.75, 3.05) is 31.6 Å². The van der Waals surface area contributed by atoms with Gasteiger partial charge in [0, 0.05) is 37.5 Å². The molecule has 284 valence electrons. The summed E-state index contributed by atoms with van der Waals surface area (Å²) in [5.74, 6) is -2.54. The molecule has 3 saturated heterocycles. The van der Waals surface area contributed by atoms with Gasteiger partial charge in [-0.25, -0.2) is 0 Å². The van der Waals surface area contributed by atoms with Gasteiger partial charge in [-0.15, -0.1) is 0 Å². The summed E-state index contributed by atoms with van der Waals surface area (Å²) in [7, 11) is 0. The summed E-state index contributed by atoms with van der Waals surface area (Å²) in [6, 6.07) is 3.70. The van der Waals surface area contributed by atoms with E-state index in [0.29, 0.717) is 43.7 Å². The first-order valence-electron chi connectivity index (χ1n) is 18.5. The minimum Gasteiger partial charge on any atom is -0.351 e. The highest BCUT2D eigenvalue weighted by molar-refractivity contribution is 7.98. The first-order chi connectivity index (χ1) is 24.9. The fourth-order valence-electron chi connectivity index (χ4n) is 7.20. The molecule has 1 aromatic carbocycles. The van der Waals surface area contributed by atoms with Crippen LogP contribution in [0.4, 0.5) is 0 Å². The highest BCUT2D eigenvalue weighted by Crippen LogP contribution is 2.32. The molecular formula is C37H53N7O7S. The molecule has 6 atom stereocenters. The fourth-order valence-corrected chi connectivity index (χ4v) is 7.67. The Morgan fingerprint density at radius 2 is 1.58 bits per heavy atom. The van der Waals surface area contributed by atoms with E-state index in [1.54, 1.807) is 38.1 Å². The average Bonchev–Trinajstić information content (AvgIpc) is 3.90. The molecule has 3 aliphatic heterocycles. The highest BCUT2D eigenvalue weighted by atomic mass is 32.2. The third-order valence-corrected chi connectivity index (χ3v) is 11.1. The molecular weight excluding hydrogens is 687 g/mol. The maximum atomic E-state index is 14.3. The molecule has 52 heavy (non-hydrogen) atoms. The molecule has 1 aromatic rings. The summed E-state index contributed by atoms with van der Waals surface area (Å²) in [6.45, 7) is 6.19. The van der Waals surface area contributed by atoms with Crippen LogP contribution in [0.15, 0.2) is 30.3 Å². The van der Waals surface area contributed by atoms with Crippen LogP contribution in [0.1, 0.15) is 77.3 Å². The quantitative estimate of drug-likeness (QED) is 0.260. The van der Waals surface area contributed by atoms with Crippen LogP contribution in [0.25, 0.3) is 0 Å². The number of thioether (sulfide) groups is 1. The van der Waals surface area contributed by atoms with Crippen LogP contribution in [0.5, 0.6) is 0 Å². The van der Waals surface area contributed by atoms with E-state index < -0.39 is 65.8 Å². The van der Waals surface area contributed by atoms with E-state index in [2.05, 4.69) is 26.6 Å². The van der Waals surface area contributed by atoms with Crippen LogP contribution in [0.2, 0.25) is 0 Å². The number of nitrogens with zero attached hydrogens (tertiary/aromatic N) is 2. The van der Waals surface area contributed by atoms with Crippen molar-refractivity contribution in [2.45, 2.75) is 102 Å². The molecule has 5 N–H and O–H groups in total. The Labute approximate surface area is 309 Å². The van der Waals surface area contributed by atoms with E-state index in [9.17, 15) is 33.6 Å². The van der Waals surface area contributed by atoms with Gasteiger partial charge < -0.3 is 36.4 Å². The van der Waals surface area contributed by atoms with Gasteiger partial charge in [0.05, 0.1) is 12.5 Å². The minimum atomic E-state index is -1.02. The van der Waals surface area contributed by atoms with E-state index in [1.165, 1.54) is 23.6 Å². The summed E-state index contributed by atoms with van der Waals surface area (Å²) in [4.78, 5) is 98.1. The summed E-state index contributed by atoms with van der Waals surface area (Å²) in [6.07, 6.45) is 5.11. The van der Waals surface area contributed by atoms with Gasteiger partial charge >= 0.3 is 0 Å². The maximum Gasteiger partial charge on any atom is 0.246 e. The van der Waals surface area contributed by atoms with Gasteiger partial charge in [0.1, 0.15) is 24.2 Å². The van der Waals surface area contributed by atoms with Crippen molar-refractivity contribution in [1.29, 1.82) is 0 Å². The molecule has 0 bridgehead atoms. The highest BCUT2D eigenvalue weighted by Gasteiger charge is 2.45. The fraction of sp³-hybridized carbons (Fsp3) is 0.649. The average molecular weight is 740 g/mol. The Morgan fingerprint density at radius 1 is 0.885 bits per heavy atom. The molecule has 0 spiro atoms. The summed E-state index contributed by atoms with van der Waals surface area (Å²) in [5, 5.41) is 14.4. The molecule has 1 saturated carbocycles. The molecule has 4 fully saturated rings. The van der Waals surface area contributed by atoms with E-state index in [0.717, 1.165) is 12.8 Å². The van der Waals surface area contributed by atoms with E-state index in [-0.39, 0.29) is 49.0 Å². The lowest BCUT2D eigenvalue weighted by molar-refractivity contribution is -0.143. The van der Waals surface area contributed by atoms with Gasteiger partial charge in [0.2, 0.25) is 41.4 Å². The van der Waals surface area contributed by atoms with Gasteiger partial charge in [0.15, 0.2) is 0 Å². The number of likely N-dealkylation sites (tertiary alicyclic amines) is 1. The smallest absolute Gasteiger partial charge is 0.246 e. The molecule has 3 heterocycles. The third kappa shape index (κ3) is 9.84. The van der Waals surface area contributed by atoms with Gasteiger partial charge in [-0.1, -0.05) is 44.2 Å². The first-order valence-corrected chi connectivity index (χ1v) is 19.9. The normalized spacial score (nSPS) is 28.4. The lowest BCUT2D eigenvalue weighted by atomic mass is 9.95. The van der Waals surface area contributed by atoms with Gasteiger partial charge in [0.25, 0.3) is 0 Å². The lowest BCUT2D eigenvalue weighted by Crippen LogP contribution is -2.59. The van der Waals surface area contributed by atoms with Crippen LogP contribution in [0, 0.1) is 17.8 Å². The molecule has 5 rings (SSSR count). The number of carbonyl (C=O) groups is 7. The van der Waals surface area contributed by atoms with Crippen LogP contribution in [0.3, 0.4) is 0 Å². The Balaban J connectivity index is 1.37. The summed E-state index contributed by atoms with van der Waals surface area (Å²) >= 11 is 1.52. The van der Waals surface area contributed by atoms with E-state index in [1.807, 2.05) is 17.2 Å². The number of carbonyl (C=O) groups excluding carboxylic acids is 7. The zero-order valence-electron chi connectivity index (χ0n) is 30.5. The second-order valence-electron chi connectivity index (χ2n) is 14.9. The molecule has 14 nitrogen and oxygen atoms in total. The van der Waals surface area contributed by atoms with Crippen LogP contribution < -0.4 is 26.6 Å². The van der Waals surface area contributed by atoms with Gasteiger partial charge in [-0.05, 0) is 68.9 Å². The Bertz CT molecular complexity index is 1500. The molecule has 15 heteroatoms. The lowest BCUT2D eigenvalue weighted by Gasteiger charge is -2.32. The topological polar surface area (TPSA) is 186 Å². The number of piperidine rings is 1. The van der Waals surface area contributed by atoms with E-state index in [4.69, 9.17) is 0 Å². The monoisotopic (exact) mass is 739 g/mol. The number of benzene rings is 1. The zero-order chi connectivity index (χ0) is 37.5. The Morgan fingerprint density at radius 3 is 2.21 bits per heavy atom. The predicted octanol–water partition coefficient (Wildman–Crippen LogP) is 0.865. The second kappa shape index (κ2) is 17.6. The van der Waals surface area contributed by atoms with E-state index >= 15 is 0 Å². The van der Waals surface area contributed by atoms with Crippen molar-refractivity contribution < 1.29 is 33.6 Å². The Hall–Kier alpha value is -4.14. The summed E-state index contributed by atoms with van der Waals surface area (Å²) in [5.41, 5.74) is 0.682. The molecule has 1 aliphatic carbocycles. The number of fused-ring (bicyclic) bond motifs is 1. The molecule has 0 unspecified atom stereocenters. The number of amides is 7. The molecule has 0 radical (unpaired) electrons. The number of nitrogens with one attached hydrogen (secondary N) is 5. The molecule has 4 aliphatic rings. The van der Waals surface area contributed by atoms with Crippen molar-refractivity contribution in [3.8, 4) is 0 Å². The predicted molar refractivity (Wildman–Crippen MR) is 195 cm³/mol. The zero-order valence-corrected chi connectivity index (χ0v) is 31.3. The van der Waals surface area contributed by atoms with Crippen molar-refractivity contribution in [1.82, 2.24) is 36.4 Å². The van der Waals surface area contributed by atoms with Crippen molar-refractivity contribution in [3.63, 3.8) is 0 Å². The van der Waals surface area contributed by atoms with Gasteiger partial charge in [-0.2, -0.15) is 11.8 Å². The number of hydrogen-bond donors (Lipinski definition) is 5. The Kier molecular flexibility index (Phi) is 13.2.